The monoisotopic (exact) mass is 284 g/mol. The molecule has 1 rings (SSSR count). The standard InChI is InChI=1S/C16H36N4/c1-3-17-10-6-11-18-12-7-13-19-14-15-8-5-9-16(15)20-4-2/h15-20H,3-14H2,1-2H3/t15-,16?/m0/s1. The van der Waals surface area contributed by atoms with Crippen molar-refractivity contribution in [2.24, 2.45) is 5.92 Å². The smallest absolute Gasteiger partial charge is 0.0107 e. The highest BCUT2D eigenvalue weighted by molar-refractivity contribution is 4.84. The van der Waals surface area contributed by atoms with Crippen molar-refractivity contribution in [1.29, 1.82) is 0 Å². The number of nitrogens with one attached hydrogen (secondary N) is 4. The Bertz CT molecular complexity index is 211. The molecule has 0 heterocycles. The summed E-state index contributed by atoms with van der Waals surface area (Å²) in [7, 11) is 0. The normalized spacial score (nSPS) is 22.5. The van der Waals surface area contributed by atoms with E-state index in [1.165, 1.54) is 38.6 Å². The Morgan fingerprint density at radius 3 is 2.20 bits per heavy atom. The highest BCUT2D eigenvalue weighted by Crippen LogP contribution is 2.24. The minimum absolute atomic E-state index is 0.761. The van der Waals surface area contributed by atoms with Crippen molar-refractivity contribution in [3.8, 4) is 0 Å². The van der Waals surface area contributed by atoms with Gasteiger partial charge >= 0.3 is 0 Å². The lowest BCUT2D eigenvalue weighted by Gasteiger charge is -2.20. The Labute approximate surface area is 125 Å². The molecule has 0 radical (unpaired) electrons. The first-order chi connectivity index (χ1) is 9.88. The van der Waals surface area contributed by atoms with Gasteiger partial charge < -0.3 is 21.3 Å². The van der Waals surface area contributed by atoms with Crippen LogP contribution >= 0.6 is 0 Å². The minimum Gasteiger partial charge on any atom is -0.317 e. The topological polar surface area (TPSA) is 48.1 Å². The average Bonchev–Trinajstić information content (AvgIpc) is 2.89. The fourth-order valence-electron chi connectivity index (χ4n) is 3.08. The van der Waals surface area contributed by atoms with Gasteiger partial charge in [-0.2, -0.15) is 0 Å². The fourth-order valence-corrected chi connectivity index (χ4v) is 3.08. The van der Waals surface area contributed by atoms with E-state index in [-0.39, 0.29) is 0 Å². The van der Waals surface area contributed by atoms with Crippen LogP contribution in [0.1, 0.15) is 46.0 Å². The fraction of sp³-hybridized carbons (Fsp3) is 1.00. The molecule has 4 N–H and O–H groups in total. The molecule has 1 unspecified atom stereocenters. The van der Waals surface area contributed by atoms with E-state index in [4.69, 9.17) is 0 Å². The molecule has 1 aliphatic carbocycles. The molecule has 0 saturated heterocycles. The molecule has 1 saturated carbocycles. The van der Waals surface area contributed by atoms with Crippen LogP contribution in [0.4, 0.5) is 0 Å². The summed E-state index contributed by atoms with van der Waals surface area (Å²) in [6.45, 7) is 12.3. The summed E-state index contributed by atoms with van der Waals surface area (Å²) in [5.74, 6) is 0.850. The van der Waals surface area contributed by atoms with Crippen LogP contribution < -0.4 is 21.3 Å². The molecular formula is C16H36N4. The average molecular weight is 284 g/mol. The molecule has 120 valence electrons. The first kappa shape index (κ1) is 17.9. The Morgan fingerprint density at radius 2 is 1.50 bits per heavy atom. The molecule has 0 aromatic heterocycles. The Morgan fingerprint density at radius 1 is 0.800 bits per heavy atom. The maximum absolute atomic E-state index is 3.63. The van der Waals surface area contributed by atoms with E-state index in [2.05, 4.69) is 35.1 Å². The molecule has 1 fully saturated rings. The third kappa shape index (κ3) is 8.20. The van der Waals surface area contributed by atoms with Crippen molar-refractivity contribution in [2.45, 2.75) is 52.0 Å². The zero-order valence-corrected chi connectivity index (χ0v) is 13.6. The summed E-state index contributed by atoms with van der Waals surface area (Å²) >= 11 is 0. The second kappa shape index (κ2) is 12.6. The number of hydrogen-bond acceptors (Lipinski definition) is 4. The molecule has 0 spiro atoms. The van der Waals surface area contributed by atoms with Gasteiger partial charge in [0.25, 0.3) is 0 Å². The maximum atomic E-state index is 3.63. The molecule has 0 bridgehead atoms. The van der Waals surface area contributed by atoms with Gasteiger partial charge in [0.15, 0.2) is 0 Å². The van der Waals surface area contributed by atoms with E-state index in [1.54, 1.807) is 0 Å². The van der Waals surface area contributed by atoms with E-state index >= 15 is 0 Å². The van der Waals surface area contributed by atoms with Crippen LogP contribution in [0.2, 0.25) is 0 Å². The minimum atomic E-state index is 0.761. The van der Waals surface area contributed by atoms with Gasteiger partial charge in [-0.25, -0.2) is 0 Å². The summed E-state index contributed by atoms with van der Waals surface area (Å²) in [4.78, 5) is 0. The summed E-state index contributed by atoms with van der Waals surface area (Å²) < 4.78 is 0. The van der Waals surface area contributed by atoms with Crippen LogP contribution in [0, 0.1) is 5.92 Å². The highest BCUT2D eigenvalue weighted by Gasteiger charge is 2.25. The van der Waals surface area contributed by atoms with Gasteiger partial charge in [0.1, 0.15) is 0 Å². The molecule has 0 aromatic rings. The third-order valence-electron chi connectivity index (χ3n) is 4.20. The van der Waals surface area contributed by atoms with E-state index in [0.29, 0.717) is 0 Å². The van der Waals surface area contributed by atoms with Crippen LogP contribution in [-0.2, 0) is 0 Å². The molecule has 4 nitrogen and oxygen atoms in total. The van der Waals surface area contributed by atoms with Crippen molar-refractivity contribution in [2.75, 3.05) is 45.8 Å². The van der Waals surface area contributed by atoms with E-state index in [0.717, 1.165) is 51.2 Å². The summed E-state index contributed by atoms with van der Waals surface area (Å²) in [5, 5.41) is 14.1. The molecule has 0 aromatic carbocycles. The lowest BCUT2D eigenvalue weighted by atomic mass is 10.0. The van der Waals surface area contributed by atoms with Gasteiger partial charge in [0.2, 0.25) is 0 Å². The summed E-state index contributed by atoms with van der Waals surface area (Å²) in [6, 6.07) is 0.761. The second-order valence-electron chi connectivity index (χ2n) is 5.87. The van der Waals surface area contributed by atoms with Crippen molar-refractivity contribution in [3.05, 3.63) is 0 Å². The summed E-state index contributed by atoms with van der Waals surface area (Å²) in [5.41, 5.74) is 0. The Balaban J connectivity index is 1.84. The zero-order chi connectivity index (χ0) is 14.5. The number of hydrogen-bond donors (Lipinski definition) is 4. The van der Waals surface area contributed by atoms with Gasteiger partial charge in [0, 0.05) is 6.04 Å². The Hall–Kier alpha value is -0.160. The third-order valence-corrected chi connectivity index (χ3v) is 4.20. The van der Waals surface area contributed by atoms with Gasteiger partial charge in [-0.3, -0.25) is 0 Å². The highest BCUT2D eigenvalue weighted by atomic mass is 15.0. The first-order valence-corrected chi connectivity index (χ1v) is 8.74. The van der Waals surface area contributed by atoms with Crippen LogP contribution in [0.5, 0.6) is 0 Å². The molecule has 0 aliphatic heterocycles. The van der Waals surface area contributed by atoms with Crippen molar-refractivity contribution >= 4 is 0 Å². The van der Waals surface area contributed by atoms with Gasteiger partial charge in [-0.15, -0.1) is 0 Å². The van der Waals surface area contributed by atoms with Crippen molar-refractivity contribution in [1.82, 2.24) is 21.3 Å². The van der Waals surface area contributed by atoms with Gasteiger partial charge in [-0.05, 0) is 77.4 Å². The van der Waals surface area contributed by atoms with Crippen LogP contribution in [0.3, 0.4) is 0 Å². The second-order valence-corrected chi connectivity index (χ2v) is 5.87. The van der Waals surface area contributed by atoms with Gasteiger partial charge in [0.05, 0.1) is 0 Å². The van der Waals surface area contributed by atoms with Crippen LogP contribution in [-0.4, -0.2) is 51.9 Å². The van der Waals surface area contributed by atoms with E-state index < -0.39 is 0 Å². The number of rotatable bonds is 13. The first-order valence-electron chi connectivity index (χ1n) is 8.74. The van der Waals surface area contributed by atoms with E-state index in [9.17, 15) is 0 Å². The maximum Gasteiger partial charge on any atom is 0.0107 e. The molecule has 20 heavy (non-hydrogen) atoms. The molecular weight excluding hydrogens is 248 g/mol. The Kier molecular flexibility index (Phi) is 11.2. The zero-order valence-electron chi connectivity index (χ0n) is 13.6. The lowest BCUT2D eigenvalue weighted by molar-refractivity contribution is 0.385. The molecule has 4 heteroatoms. The predicted molar refractivity (Wildman–Crippen MR) is 88.3 cm³/mol. The largest absolute Gasteiger partial charge is 0.317 e. The molecule has 2 atom stereocenters. The lowest BCUT2D eigenvalue weighted by Crippen LogP contribution is -2.38. The summed E-state index contributed by atoms with van der Waals surface area (Å²) in [6.07, 6.45) is 6.63. The van der Waals surface area contributed by atoms with Crippen molar-refractivity contribution in [3.63, 3.8) is 0 Å². The molecule has 0 amide bonds. The SMILES string of the molecule is CCNCCCNCCCNC[C@@H]1CCCC1NCC. The van der Waals surface area contributed by atoms with Gasteiger partial charge in [-0.1, -0.05) is 20.3 Å². The van der Waals surface area contributed by atoms with E-state index in [1.807, 2.05) is 0 Å². The van der Waals surface area contributed by atoms with Crippen molar-refractivity contribution < 1.29 is 0 Å². The molecule has 1 aliphatic rings. The van der Waals surface area contributed by atoms with Crippen LogP contribution in [0.25, 0.3) is 0 Å². The van der Waals surface area contributed by atoms with Crippen LogP contribution in [0.15, 0.2) is 0 Å². The quantitative estimate of drug-likeness (QED) is 0.386. The predicted octanol–water partition coefficient (Wildman–Crippen LogP) is 1.33.